The van der Waals surface area contributed by atoms with Gasteiger partial charge in [0.1, 0.15) is 11.6 Å². The van der Waals surface area contributed by atoms with Crippen molar-refractivity contribution in [2.24, 2.45) is 11.1 Å². The Balaban J connectivity index is 1.38. The number of oxime groups is 1. The van der Waals surface area contributed by atoms with E-state index in [2.05, 4.69) is 23.1 Å². The van der Waals surface area contributed by atoms with Crippen LogP contribution in [0.25, 0.3) is 11.8 Å². The lowest BCUT2D eigenvalue weighted by atomic mass is 9.87. The summed E-state index contributed by atoms with van der Waals surface area (Å²) in [6.45, 7) is 4.98. The molecule has 186 valence electrons. The standard InChI is InChI=1S/C27H26F2N4O3/c1-16-8-19(9-18-4-5-23(24(10-18)34-3)32-14-17(2)30-15-32)26-31-36-27(33(26)13-16)6-7-35-25-21(27)11-20(28)12-22(25)29/h4-5,9-12,14-16H,6-8,13H2,1-3H3/t16-,27-/m1/s1. The Morgan fingerprint density at radius 3 is 2.86 bits per heavy atom. The van der Waals surface area contributed by atoms with Crippen molar-refractivity contribution in [2.45, 2.75) is 32.4 Å². The number of hydrogen-bond acceptors (Lipinski definition) is 6. The number of fused-ring (bicyclic) bond motifs is 4. The molecule has 0 bridgehead atoms. The number of piperidine rings is 1. The molecule has 4 heterocycles. The molecule has 0 aliphatic carbocycles. The van der Waals surface area contributed by atoms with Gasteiger partial charge in [0.05, 0.1) is 37.0 Å². The first-order valence-electron chi connectivity index (χ1n) is 11.9. The Bertz CT molecular complexity index is 1420. The zero-order valence-electron chi connectivity index (χ0n) is 20.3. The summed E-state index contributed by atoms with van der Waals surface area (Å²) in [6, 6.07) is 8.11. The Labute approximate surface area is 207 Å². The molecule has 1 aromatic heterocycles. The maximum atomic E-state index is 14.6. The van der Waals surface area contributed by atoms with Gasteiger partial charge >= 0.3 is 0 Å². The summed E-state index contributed by atoms with van der Waals surface area (Å²) in [5.74, 6) is 0.287. The van der Waals surface area contributed by atoms with Crippen LogP contribution in [0.15, 0.2) is 53.6 Å². The second-order valence-electron chi connectivity index (χ2n) is 9.60. The molecule has 0 N–H and O–H groups in total. The van der Waals surface area contributed by atoms with Gasteiger partial charge in [0.2, 0.25) is 5.72 Å². The molecule has 6 rings (SSSR count). The molecule has 36 heavy (non-hydrogen) atoms. The summed E-state index contributed by atoms with van der Waals surface area (Å²) in [5.41, 5.74) is 2.98. The average Bonchev–Trinajstić information content (AvgIpc) is 3.44. The van der Waals surface area contributed by atoms with Crippen molar-refractivity contribution in [3.63, 3.8) is 0 Å². The van der Waals surface area contributed by atoms with Crippen LogP contribution in [-0.2, 0) is 10.6 Å². The van der Waals surface area contributed by atoms with Gasteiger partial charge in [0.25, 0.3) is 0 Å². The maximum Gasteiger partial charge on any atom is 0.244 e. The van der Waals surface area contributed by atoms with E-state index in [9.17, 15) is 8.78 Å². The number of ether oxygens (including phenoxy) is 2. The highest BCUT2D eigenvalue weighted by Crippen LogP contribution is 2.49. The van der Waals surface area contributed by atoms with Crippen molar-refractivity contribution in [3.8, 4) is 17.2 Å². The topological polar surface area (TPSA) is 61.1 Å². The van der Waals surface area contributed by atoms with Crippen molar-refractivity contribution in [1.29, 1.82) is 0 Å². The Kier molecular flexibility index (Phi) is 5.24. The van der Waals surface area contributed by atoms with Crippen LogP contribution in [0.5, 0.6) is 11.5 Å². The second kappa shape index (κ2) is 8.36. The predicted octanol–water partition coefficient (Wildman–Crippen LogP) is 5.17. The molecule has 1 fully saturated rings. The molecule has 0 unspecified atom stereocenters. The van der Waals surface area contributed by atoms with E-state index >= 15 is 0 Å². The van der Waals surface area contributed by atoms with E-state index in [1.54, 1.807) is 13.4 Å². The highest BCUT2D eigenvalue weighted by Gasteiger charge is 2.54. The first-order chi connectivity index (χ1) is 17.4. The molecule has 9 heteroatoms. The van der Waals surface area contributed by atoms with Crippen LogP contribution in [0.2, 0.25) is 0 Å². The van der Waals surface area contributed by atoms with Crippen LogP contribution < -0.4 is 9.47 Å². The lowest BCUT2D eigenvalue weighted by Gasteiger charge is -2.44. The zero-order valence-corrected chi connectivity index (χ0v) is 20.3. The molecule has 3 aromatic rings. The maximum absolute atomic E-state index is 14.6. The van der Waals surface area contributed by atoms with Crippen molar-refractivity contribution in [1.82, 2.24) is 14.5 Å². The molecule has 3 aliphatic rings. The van der Waals surface area contributed by atoms with Gasteiger partial charge in [0.15, 0.2) is 17.4 Å². The normalized spacial score (nSPS) is 23.7. The van der Waals surface area contributed by atoms with E-state index in [0.29, 0.717) is 30.1 Å². The van der Waals surface area contributed by atoms with Crippen LogP contribution in [0.4, 0.5) is 8.78 Å². The number of imidazole rings is 1. The van der Waals surface area contributed by atoms with E-state index in [1.165, 1.54) is 6.07 Å². The van der Waals surface area contributed by atoms with Gasteiger partial charge in [-0.3, -0.25) is 0 Å². The van der Waals surface area contributed by atoms with E-state index < -0.39 is 17.4 Å². The number of hydrogen-bond donors (Lipinski definition) is 0. The van der Waals surface area contributed by atoms with Gasteiger partial charge < -0.3 is 23.8 Å². The number of aromatic nitrogens is 2. The first kappa shape index (κ1) is 22.6. The molecule has 7 nitrogen and oxygen atoms in total. The molecule has 0 saturated carbocycles. The highest BCUT2D eigenvalue weighted by atomic mass is 19.1. The number of nitrogens with zero attached hydrogens (tertiary/aromatic N) is 4. The van der Waals surface area contributed by atoms with E-state index in [1.807, 2.05) is 40.8 Å². The Morgan fingerprint density at radius 1 is 1.22 bits per heavy atom. The van der Waals surface area contributed by atoms with Gasteiger partial charge in [-0.25, -0.2) is 13.8 Å². The third-order valence-electron chi connectivity index (χ3n) is 6.98. The minimum Gasteiger partial charge on any atom is -0.495 e. The second-order valence-corrected chi connectivity index (χ2v) is 9.60. The summed E-state index contributed by atoms with van der Waals surface area (Å²) in [5, 5.41) is 4.45. The zero-order chi connectivity index (χ0) is 25.0. The third kappa shape index (κ3) is 3.53. The Hall–Kier alpha value is -3.88. The van der Waals surface area contributed by atoms with Crippen molar-refractivity contribution in [2.75, 3.05) is 20.3 Å². The molecule has 2 atom stereocenters. The van der Waals surface area contributed by atoms with Gasteiger partial charge in [-0.15, -0.1) is 0 Å². The van der Waals surface area contributed by atoms with Crippen LogP contribution >= 0.6 is 0 Å². The van der Waals surface area contributed by atoms with Crippen LogP contribution in [-0.4, -0.2) is 40.5 Å². The lowest BCUT2D eigenvalue weighted by Crippen LogP contribution is -2.53. The summed E-state index contributed by atoms with van der Waals surface area (Å²) in [6.07, 6.45) is 6.97. The molecular weight excluding hydrogens is 466 g/mol. The largest absolute Gasteiger partial charge is 0.495 e. The molecule has 1 saturated heterocycles. The van der Waals surface area contributed by atoms with Crippen molar-refractivity contribution >= 4 is 11.9 Å². The summed E-state index contributed by atoms with van der Waals surface area (Å²) >= 11 is 0. The molecule has 2 aromatic carbocycles. The average molecular weight is 493 g/mol. The number of rotatable bonds is 3. The molecule has 3 aliphatic heterocycles. The van der Waals surface area contributed by atoms with Crippen LogP contribution in [0.3, 0.4) is 0 Å². The number of methoxy groups -OCH3 is 1. The van der Waals surface area contributed by atoms with Gasteiger partial charge in [-0.1, -0.05) is 18.1 Å². The number of halogens is 2. The molecule has 1 spiro atoms. The van der Waals surface area contributed by atoms with E-state index in [0.717, 1.165) is 35.0 Å². The minimum absolute atomic E-state index is 0.0259. The molecule has 0 amide bonds. The fraction of sp³-hybridized carbons (Fsp3) is 0.333. The van der Waals surface area contributed by atoms with Crippen LogP contribution in [0, 0.1) is 24.5 Å². The quantitative estimate of drug-likeness (QED) is 0.505. The fourth-order valence-corrected chi connectivity index (χ4v) is 5.37. The van der Waals surface area contributed by atoms with Crippen molar-refractivity contribution < 1.29 is 23.1 Å². The lowest BCUT2D eigenvalue weighted by molar-refractivity contribution is -0.131. The highest BCUT2D eigenvalue weighted by molar-refractivity contribution is 6.03. The van der Waals surface area contributed by atoms with Gasteiger partial charge in [-0.05, 0) is 54.7 Å². The monoisotopic (exact) mass is 492 g/mol. The van der Waals surface area contributed by atoms with Crippen LogP contribution in [0.1, 0.15) is 36.6 Å². The minimum atomic E-state index is -1.10. The smallest absolute Gasteiger partial charge is 0.244 e. The van der Waals surface area contributed by atoms with Gasteiger partial charge in [-0.2, -0.15) is 0 Å². The van der Waals surface area contributed by atoms with Crippen molar-refractivity contribution in [3.05, 3.63) is 76.9 Å². The number of aryl methyl sites for hydroxylation is 1. The summed E-state index contributed by atoms with van der Waals surface area (Å²) in [7, 11) is 1.64. The van der Waals surface area contributed by atoms with E-state index in [-0.39, 0.29) is 18.3 Å². The molecular formula is C27H26F2N4O3. The third-order valence-corrected chi connectivity index (χ3v) is 6.98. The Morgan fingerprint density at radius 2 is 2.08 bits per heavy atom. The molecule has 0 radical (unpaired) electrons. The fourth-order valence-electron chi connectivity index (χ4n) is 5.37. The predicted molar refractivity (Wildman–Crippen MR) is 130 cm³/mol. The van der Waals surface area contributed by atoms with Gasteiger partial charge in [0, 0.05) is 25.2 Å². The SMILES string of the molecule is COc1cc(C=C2C[C@@H](C)CN3C2=NO[C@@]32CCOc3c(F)cc(F)cc32)ccc1-n1cnc(C)c1. The first-order valence-corrected chi connectivity index (χ1v) is 11.9. The number of amidine groups is 1. The summed E-state index contributed by atoms with van der Waals surface area (Å²) < 4.78 is 42.0. The van der Waals surface area contributed by atoms with E-state index in [4.69, 9.17) is 14.3 Å². The summed E-state index contributed by atoms with van der Waals surface area (Å²) in [4.78, 5) is 12.4. The number of benzene rings is 2.